The zero-order valence-corrected chi connectivity index (χ0v) is 12.1. The lowest BCUT2D eigenvalue weighted by Gasteiger charge is -2.16. The lowest BCUT2D eigenvalue weighted by Crippen LogP contribution is -2.16. The van der Waals surface area contributed by atoms with Crippen LogP contribution in [0.15, 0.2) is 22.7 Å². The van der Waals surface area contributed by atoms with E-state index in [2.05, 4.69) is 47.2 Å². The molecule has 1 N–H and O–H groups in total. The van der Waals surface area contributed by atoms with Crippen LogP contribution in [0.2, 0.25) is 0 Å². The van der Waals surface area contributed by atoms with E-state index < -0.39 is 0 Å². The SMILES string of the molecule is CC(C)c1cc(Br)ccc1OC[C@@H]1CCNC1. The van der Waals surface area contributed by atoms with Crippen LogP contribution in [-0.4, -0.2) is 19.7 Å². The van der Waals surface area contributed by atoms with Gasteiger partial charge in [-0.2, -0.15) is 0 Å². The first kappa shape index (κ1) is 12.9. The maximum Gasteiger partial charge on any atom is 0.122 e. The van der Waals surface area contributed by atoms with Gasteiger partial charge in [-0.25, -0.2) is 0 Å². The Bertz CT molecular complexity index is 372. The summed E-state index contributed by atoms with van der Waals surface area (Å²) >= 11 is 3.52. The monoisotopic (exact) mass is 297 g/mol. The van der Waals surface area contributed by atoms with E-state index >= 15 is 0 Å². The van der Waals surface area contributed by atoms with Crippen molar-refractivity contribution in [2.75, 3.05) is 19.7 Å². The van der Waals surface area contributed by atoms with Gasteiger partial charge in [0.05, 0.1) is 6.61 Å². The van der Waals surface area contributed by atoms with Gasteiger partial charge in [0, 0.05) is 16.9 Å². The van der Waals surface area contributed by atoms with Crippen molar-refractivity contribution in [1.82, 2.24) is 5.32 Å². The molecule has 2 nitrogen and oxygen atoms in total. The van der Waals surface area contributed by atoms with Crippen LogP contribution in [-0.2, 0) is 0 Å². The van der Waals surface area contributed by atoms with Crippen molar-refractivity contribution in [3.05, 3.63) is 28.2 Å². The van der Waals surface area contributed by atoms with E-state index in [1.54, 1.807) is 0 Å². The van der Waals surface area contributed by atoms with Gasteiger partial charge < -0.3 is 10.1 Å². The molecule has 3 heteroatoms. The van der Waals surface area contributed by atoms with Crippen molar-refractivity contribution in [2.24, 2.45) is 5.92 Å². The maximum atomic E-state index is 5.98. The minimum atomic E-state index is 0.490. The fourth-order valence-electron chi connectivity index (χ4n) is 2.17. The van der Waals surface area contributed by atoms with Crippen LogP contribution in [0.4, 0.5) is 0 Å². The highest BCUT2D eigenvalue weighted by atomic mass is 79.9. The van der Waals surface area contributed by atoms with Gasteiger partial charge in [-0.3, -0.25) is 0 Å². The third-order valence-corrected chi connectivity index (χ3v) is 3.72. The number of ether oxygens (including phenoxy) is 1. The van der Waals surface area contributed by atoms with E-state index in [4.69, 9.17) is 4.74 Å². The standard InChI is InChI=1S/C14H20BrNO/c1-10(2)13-7-12(15)3-4-14(13)17-9-11-5-6-16-8-11/h3-4,7,10-11,16H,5-6,8-9H2,1-2H3/t11-/m1/s1. The maximum absolute atomic E-state index is 5.98. The Hall–Kier alpha value is -0.540. The highest BCUT2D eigenvalue weighted by molar-refractivity contribution is 9.10. The number of hydrogen-bond acceptors (Lipinski definition) is 2. The molecule has 0 radical (unpaired) electrons. The summed E-state index contributed by atoms with van der Waals surface area (Å²) < 4.78 is 7.10. The van der Waals surface area contributed by atoms with Crippen LogP contribution in [0, 0.1) is 5.92 Å². The normalized spacial score (nSPS) is 19.9. The first-order valence-electron chi connectivity index (χ1n) is 6.30. The molecule has 94 valence electrons. The summed E-state index contributed by atoms with van der Waals surface area (Å²) in [5, 5.41) is 3.37. The highest BCUT2D eigenvalue weighted by Gasteiger charge is 2.16. The topological polar surface area (TPSA) is 21.3 Å². The lowest BCUT2D eigenvalue weighted by molar-refractivity contribution is 0.257. The Morgan fingerprint density at radius 2 is 2.29 bits per heavy atom. The summed E-state index contributed by atoms with van der Waals surface area (Å²) in [6, 6.07) is 6.28. The fourth-order valence-corrected chi connectivity index (χ4v) is 2.55. The molecule has 1 atom stereocenters. The number of rotatable bonds is 4. The highest BCUT2D eigenvalue weighted by Crippen LogP contribution is 2.30. The molecule has 1 aliphatic rings. The molecule has 1 saturated heterocycles. The number of nitrogens with one attached hydrogen (secondary N) is 1. The van der Waals surface area contributed by atoms with Crippen LogP contribution >= 0.6 is 15.9 Å². The minimum Gasteiger partial charge on any atom is -0.493 e. The van der Waals surface area contributed by atoms with E-state index in [0.29, 0.717) is 11.8 Å². The Morgan fingerprint density at radius 1 is 1.47 bits per heavy atom. The van der Waals surface area contributed by atoms with Crippen LogP contribution in [0.25, 0.3) is 0 Å². The first-order chi connectivity index (χ1) is 8.16. The Kier molecular flexibility index (Phi) is 4.46. The second-order valence-electron chi connectivity index (χ2n) is 5.01. The van der Waals surface area contributed by atoms with Crippen LogP contribution < -0.4 is 10.1 Å². The fraction of sp³-hybridized carbons (Fsp3) is 0.571. The molecule has 17 heavy (non-hydrogen) atoms. The van der Waals surface area contributed by atoms with E-state index in [1.165, 1.54) is 12.0 Å². The van der Waals surface area contributed by atoms with Gasteiger partial charge in [0.25, 0.3) is 0 Å². The third kappa shape index (κ3) is 3.46. The predicted octanol–water partition coefficient (Wildman–Crippen LogP) is 3.56. The van der Waals surface area contributed by atoms with Crippen molar-refractivity contribution < 1.29 is 4.74 Å². The van der Waals surface area contributed by atoms with Gasteiger partial charge in [0.1, 0.15) is 5.75 Å². The molecule has 2 rings (SSSR count). The molecule has 0 spiro atoms. The van der Waals surface area contributed by atoms with Crippen LogP contribution in [0.1, 0.15) is 31.7 Å². The molecule has 1 aromatic rings. The predicted molar refractivity (Wildman–Crippen MR) is 74.7 cm³/mol. The number of benzene rings is 1. The zero-order valence-electron chi connectivity index (χ0n) is 10.5. The van der Waals surface area contributed by atoms with Crippen molar-refractivity contribution in [3.63, 3.8) is 0 Å². The first-order valence-corrected chi connectivity index (χ1v) is 7.09. The molecule has 0 unspecified atom stereocenters. The van der Waals surface area contributed by atoms with Gasteiger partial charge in [0.15, 0.2) is 0 Å². The largest absolute Gasteiger partial charge is 0.493 e. The molecule has 0 aromatic heterocycles. The van der Waals surface area contributed by atoms with Crippen molar-refractivity contribution in [1.29, 1.82) is 0 Å². The van der Waals surface area contributed by atoms with Crippen LogP contribution in [0.3, 0.4) is 0 Å². The molecule has 1 aliphatic heterocycles. The van der Waals surface area contributed by atoms with Crippen molar-refractivity contribution in [3.8, 4) is 5.75 Å². The van der Waals surface area contributed by atoms with Gasteiger partial charge in [-0.05, 0) is 42.6 Å². The molecule has 0 bridgehead atoms. The summed E-state index contributed by atoms with van der Waals surface area (Å²) in [5.74, 6) is 2.19. The molecule has 0 amide bonds. The quantitative estimate of drug-likeness (QED) is 0.917. The Labute approximate surface area is 112 Å². The average molecular weight is 298 g/mol. The summed E-state index contributed by atoms with van der Waals surface area (Å²) in [5.41, 5.74) is 1.28. The van der Waals surface area contributed by atoms with E-state index in [1.807, 2.05) is 6.07 Å². The number of hydrogen-bond donors (Lipinski definition) is 1. The van der Waals surface area contributed by atoms with Crippen LogP contribution in [0.5, 0.6) is 5.75 Å². The van der Waals surface area contributed by atoms with Gasteiger partial charge in [-0.1, -0.05) is 29.8 Å². The molecular formula is C14H20BrNO. The molecule has 1 aromatic carbocycles. The smallest absolute Gasteiger partial charge is 0.122 e. The summed E-state index contributed by atoms with van der Waals surface area (Å²) in [4.78, 5) is 0. The summed E-state index contributed by atoms with van der Waals surface area (Å²) in [6.45, 7) is 7.45. The number of halogens is 1. The van der Waals surface area contributed by atoms with Gasteiger partial charge >= 0.3 is 0 Å². The molecule has 0 saturated carbocycles. The zero-order chi connectivity index (χ0) is 12.3. The van der Waals surface area contributed by atoms with Crippen molar-refractivity contribution in [2.45, 2.75) is 26.2 Å². The van der Waals surface area contributed by atoms with Gasteiger partial charge in [0.2, 0.25) is 0 Å². The Morgan fingerprint density at radius 3 is 2.94 bits per heavy atom. The summed E-state index contributed by atoms with van der Waals surface area (Å²) in [7, 11) is 0. The van der Waals surface area contributed by atoms with Crippen molar-refractivity contribution >= 4 is 15.9 Å². The lowest BCUT2D eigenvalue weighted by atomic mass is 10.0. The van der Waals surface area contributed by atoms with Gasteiger partial charge in [-0.15, -0.1) is 0 Å². The summed E-state index contributed by atoms with van der Waals surface area (Å²) in [6.07, 6.45) is 1.23. The van der Waals surface area contributed by atoms with E-state index in [-0.39, 0.29) is 0 Å². The minimum absolute atomic E-state index is 0.490. The molecule has 1 fully saturated rings. The second kappa shape index (κ2) is 5.87. The third-order valence-electron chi connectivity index (χ3n) is 3.23. The van der Waals surface area contributed by atoms with E-state index in [0.717, 1.165) is 29.9 Å². The molecule has 0 aliphatic carbocycles. The molecular weight excluding hydrogens is 278 g/mol. The molecule has 1 heterocycles. The van der Waals surface area contributed by atoms with E-state index in [9.17, 15) is 0 Å². The Balaban J connectivity index is 2.03. The average Bonchev–Trinajstić information content (AvgIpc) is 2.80. The second-order valence-corrected chi connectivity index (χ2v) is 5.92.